The second-order valence-electron chi connectivity index (χ2n) is 4.09. The maximum atomic E-state index is 11.0. The largest absolute Gasteiger partial charge is 0.453 e. The summed E-state index contributed by atoms with van der Waals surface area (Å²) in [5, 5.41) is 6.40. The summed E-state index contributed by atoms with van der Waals surface area (Å²) in [4.78, 5) is 15.1. The van der Waals surface area contributed by atoms with Gasteiger partial charge in [-0.25, -0.2) is 9.78 Å². The zero-order valence-electron chi connectivity index (χ0n) is 11.1. The van der Waals surface area contributed by atoms with Crippen LogP contribution in [0, 0.1) is 6.92 Å². The minimum absolute atomic E-state index is 0.421. The predicted molar refractivity (Wildman–Crippen MR) is 79.7 cm³/mol. The average molecular weight is 292 g/mol. The van der Waals surface area contributed by atoms with Gasteiger partial charge >= 0.3 is 6.09 Å². The highest BCUT2D eigenvalue weighted by molar-refractivity contribution is 6.31. The molecule has 2 aromatic rings. The van der Waals surface area contributed by atoms with Crippen LogP contribution in [-0.4, -0.2) is 18.2 Å². The molecule has 0 unspecified atom stereocenters. The molecule has 2 rings (SSSR count). The number of nitrogens with zero attached hydrogens (tertiary/aromatic N) is 1. The molecule has 0 aliphatic rings. The summed E-state index contributed by atoms with van der Waals surface area (Å²) in [6, 6.07) is 9.13. The van der Waals surface area contributed by atoms with E-state index in [1.54, 1.807) is 18.3 Å². The first kappa shape index (κ1) is 14.1. The maximum absolute atomic E-state index is 11.0. The van der Waals surface area contributed by atoms with Crippen LogP contribution >= 0.6 is 11.6 Å². The fourth-order valence-corrected chi connectivity index (χ4v) is 1.77. The zero-order valence-corrected chi connectivity index (χ0v) is 11.9. The Hall–Kier alpha value is -2.27. The van der Waals surface area contributed by atoms with E-state index in [9.17, 15) is 4.79 Å². The monoisotopic (exact) mass is 291 g/mol. The van der Waals surface area contributed by atoms with Gasteiger partial charge in [-0.05, 0) is 36.8 Å². The lowest BCUT2D eigenvalue weighted by molar-refractivity contribution is 0.187. The molecule has 0 bridgehead atoms. The molecule has 0 aliphatic heterocycles. The molecule has 0 fully saturated rings. The number of benzene rings is 1. The number of pyridine rings is 1. The van der Waals surface area contributed by atoms with E-state index in [4.69, 9.17) is 11.6 Å². The van der Waals surface area contributed by atoms with E-state index in [1.165, 1.54) is 7.11 Å². The van der Waals surface area contributed by atoms with Gasteiger partial charge in [0.05, 0.1) is 19.0 Å². The van der Waals surface area contributed by atoms with Crippen LogP contribution in [0.2, 0.25) is 5.02 Å². The van der Waals surface area contributed by atoms with Gasteiger partial charge in [0.2, 0.25) is 0 Å². The number of hydrogen-bond acceptors (Lipinski definition) is 4. The first-order chi connectivity index (χ1) is 9.60. The number of carbonyl (C=O) groups is 1. The van der Waals surface area contributed by atoms with Gasteiger partial charge < -0.3 is 10.1 Å². The van der Waals surface area contributed by atoms with Crippen molar-refractivity contribution in [3.63, 3.8) is 0 Å². The van der Waals surface area contributed by atoms with E-state index in [1.807, 2.05) is 25.1 Å². The number of ether oxygens (including phenoxy) is 1. The standard InChI is InChI=1S/C14H14ClN3O2/c1-9-11(15)4-3-5-12(9)17-10-6-7-13(16-8-10)18-14(19)20-2/h3-8,17H,1-2H3,(H,16,18,19). The Morgan fingerprint density at radius 2 is 2.10 bits per heavy atom. The molecule has 0 saturated heterocycles. The summed E-state index contributed by atoms with van der Waals surface area (Å²) in [6.45, 7) is 1.94. The lowest BCUT2D eigenvalue weighted by atomic mass is 10.2. The van der Waals surface area contributed by atoms with Crippen molar-refractivity contribution in [1.82, 2.24) is 4.98 Å². The molecule has 5 nitrogen and oxygen atoms in total. The Labute approximate surface area is 121 Å². The third-order valence-corrected chi connectivity index (χ3v) is 3.14. The minimum Gasteiger partial charge on any atom is -0.453 e. The van der Waals surface area contributed by atoms with E-state index >= 15 is 0 Å². The second-order valence-corrected chi connectivity index (χ2v) is 4.49. The molecule has 20 heavy (non-hydrogen) atoms. The molecule has 0 spiro atoms. The number of methoxy groups -OCH3 is 1. The zero-order chi connectivity index (χ0) is 14.5. The topological polar surface area (TPSA) is 63.2 Å². The fraction of sp³-hybridized carbons (Fsp3) is 0.143. The first-order valence-corrected chi connectivity index (χ1v) is 6.31. The van der Waals surface area contributed by atoms with Crippen LogP contribution in [0.5, 0.6) is 0 Å². The molecule has 1 aromatic heterocycles. The van der Waals surface area contributed by atoms with Gasteiger partial charge in [0, 0.05) is 10.7 Å². The van der Waals surface area contributed by atoms with Gasteiger partial charge in [-0.1, -0.05) is 17.7 Å². The molecular weight excluding hydrogens is 278 g/mol. The highest BCUT2D eigenvalue weighted by atomic mass is 35.5. The fourth-order valence-electron chi connectivity index (χ4n) is 1.60. The van der Waals surface area contributed by atoms with Crippen LogP contribution < -0.4 is 10.6 Å². The molecule has 6 heteroatoms. The second kappa shape index (κ2) is 6.25. The lowest BCUT2D eigenvalue weighted by Crippen LogP contribution is -2.11. The molecule has 0 saturated carbocycles. The summed E-state index contributed by atoms with van der Waals surface area (Å²) >= 11 is 6.06. The number of hydrogen-bond donors (Lipinski definition) is 2. The minimum atomic E-state index is -0.552. The normalized spacial score (nSPS) is 9.95. The van der Waals surface area contributed by atoms with E-state index in [2.05, 4.69) is 20.4 Å². The van der Waals surface area contributed by atoms with Crippen molar-refractivity contribution in [2.45, 2.75) is 6.92 Å². The maximum Gasteiger partial charge on any atom is 0.412 e. The molecule has 2 N–H and O–H groups in total. The average Bonchev–Trinajstić information content (AvgIpc) is 2.46. The molecule has 1 aromatic carbocycles. The van der Waals surface area contributed by atoms with Crippen LogP contribution in [0.1, 0.15) is 5.56 Å². The number of rotatable bonds is 3. The Balaban J connectivity index is 2.11. The van der Waals surface area contributed by atoms with Crippen molar-refractivity contribution < 1.29 is 9.53 Å². The number of carbonyl (C=O) groups excluding carboxylic acids is 1. The van der Waals surface area contributed by atoms with Crippen molar-refractivity contribution in [2.24, 2.45) is 0 Å². The van der Waals surface area contributed by atoms with Crippen LogP contribution in [0.4, 0.5) is 22.0 Å². The van der Waals surface area contributed by atoms with Gasteiger partial charge in [-0.2, -0.15) is 0 Å². The molecule has 0 radical (unpaired) electrons. The summed E-state index contributed by atoms with van der Waals surface area (Å²) in [7, 11) is 1.30. The number of aromatic nitrogens is 1. The smallest absolute Gasteiger partial charge is 0.412 e. The van der Waals surface area contributed by atoms with Gasteiger partial charge in [0.25, 0.3) is 0 Å². The quantitative estimate of drug-likeness (QED) is 0.898. The number of nitrogens with one attached hydrogen (secondary N) is 2. The van der Waals surface area contributed by atoms with E-state index in [0.29, 0.717) is 10.8 Å². The highest BCUT2D eigenvalue weighted by Crippen LogP contribution is 2.26. The Kier molecular flexibility index (Phi) is 4.42. The third-order valence-electron chi connectivity index (χ3n) is 2.73. The van der Waals surface area contributed by atoms with Crippen molar-refractivity contribution >= 4 is 34.9 Å². The van der Waals surface area contributed by atoms with Crippen LogP contribution in [-0.2, 0) is 4.74 Å². The summed E-state index contributed by atoms with van der Waals surface area (Å²) in [5.74, 6) is 0.421. The summed E-state index contributed by atoms with van der Waals surface area (Å²) in [5.41, 5.74) is 2.67. The molecule has 104 valence electrons. The Morgan fingerprint density at radius 1 is 1.30 bits per heavy atom. The number of halogens is 1. The lowest BCUT2D eigenvalue weighted by Gasteiger charge is -2.10. The summed E-state index contributed by atoms with van der Waals surface area (Å²) < 4.78 is 4.49. The van der Waals surface area contributed by atoms with Gasteiger partial charge in [0.1, 0.15) is 5.82 Å². The Morgan fingerprint density at radius 3 is 2.75 bits per heavy atom. The van der Waals surface area contributed by atoms with Gasteiger partial charge in [-0.3, -0.25) is 5.32 Å². The van der Waals surface area contributed by atoms with Crippen molar-refractivity contribution in [3.8, 4) is 0 Å². The number of anilines is 3. The van der Waals surface area contributed by atoms with Gasteiger partial charge in [0.15, 0.2) is 0 Å². The van der Waals surface area contributed by atoms with E-state index in [0.717, 1.165) is 16.9 Å². The van der Waals surface area contributed by atoms with Crippen LogP contribution in [0.15, 0.2) is 36.5 Å². The van der Waals surface area contributed by atoms with Crippen LogP contribution in [0.3, 0.4) is 0 Å². The molecule has 0 atom stereocenters. The summed E-state index contributed by atoms with van der Waals surface area (Å²) in [6.07, 6.45) is 1.06. The molecule has 1 amide bonds. The molecular formula is C14H14ClN3O2. The number of amides is 1. The Bertz CT molecular complexity index is 614. The highest BCUT2D eigenvalue weighted by Gasteiger charge is 2.04. The van der Waals surface area contributed by atoms with Crippen molar-refractivity contribution in [2.75, 3.05) is 17.7 Å². The molecule has 0 aliphatic carbocycles. The SMILES string of the molecule is COC(=O)Nc1ccc(Nc2cccc(Cl)c2C)cn1. The predicted octanol–water partition coefficient (Wildman–Crippen LogP) is 3.97. The third kappa shape index (κ3) is 3.39. The van der Waals surface area contributed by atoms with Crippen molar-refractivity contribution in [3.05, 3.63) is 47.1 Å². The van der Waals surface area contributed by atoms with E-state index < -0.39 is 6.09 Å². The van der Waals surface area contributed by atoms with Crippen LogP contribution in [0.25, 0.3) is 0 Å². The molecule has 1 heterocycles. The van der Waals surface area contributed by atoms with Crippen molar-refractivity contribution in [1.29, 1.82) is 0 Å². The first-order valence-electron chi connectivity index (χ1n) is 5.93. The van der Waals surface area contributed by atoms with Gasteiger partial charge in [-0.15, -0.1) is 0 Å². The van der Waals surface area contributed by atoms with E-state index in [-0.39, 0.29) is 0 Å².